The van der Waals surface area contributed by atoms with Crippen LogP contribution in [0, 0.1) is 5.92 Å². The third-order valence-corrected chi connectivity index (χ3v) is 8.06. The Morgan fingerprint density at radius 3 is 2.63 bits per heavy atom. The molecule has 1 unspecified atom stereocenters. The largest absolute Gasteiger partial charge is 0.372 e. The molecule has 3 aromatic rings. The van der Waals surface area contributed by atoms with Gasteiger partial charge in [0, 0.05) is 43.3 Å². The monoisotopic (exact) mass is 473 g/mol. The van der Waals surface area contributed by atoms with Gasteiger partial charge in [-0.15, -0.1) is 0 Å². The van der Waals surface area contributed by atoms with E-state index in [-0.39, 0.29) is 18.1 Å². The Bertz CT molecular complexity index is 1180. The molecule has 4 aliphatic heterocycles. The van der Waals surface area contributed by atoms with Crippen LogP contribution >= 0.6 is 0 Å². The number of carbonyl (C=O) groups excluding carboxylic acids is 1. The Morgan fingerprint density at radius 1 is 1.06 bits per heavy atom. The van der Waals surface area contributed by atoms with Gasteiger partial charge in [-0.3, -0.25) is 9.48 Å². The van der Waals surface area contributed by atoms with E-state index in [1.54, 1.807) is 0 Å². The van der Waals surface area contributed by atoms with Crippen molar-refractivity contribution in [2.24, 2.45) is 5.92 Å². The van der Waals surface area contributed by atoms with Crippen molar-refractivity contribution in [3.63, 3.8) is 0 Å². The highest BCUT2D eigenvalue weighted by atomic mass is 16.5. The molecule has 2 atom stereocenters. The van der Waals surface area contributed by atoms with Crippen LogP contribution in [0.5, 0.6) is 0 Å². The minimum absolute atomic E-state index is 0.0377. The number of hydrogen-bond donors (Lipinski definition) is 1. The standard InChI is InChI=1S/C28H35N5O2/c1-2-33-26-16-22(32-15-12-23(17-32)35-19-20-6-4-3-5-7-20)8-9-24(26)27(30-33)28(34)29-25-18-31-13-10-21(25)11-14-31/h3-9,16,21,23,25H,2,10-15,17-19H2,1H3,(H,29,34)/t23?,25-/m1/s1. The second-order valence-corrected chi connectivity index (χ2v) is 10.2. The van der Waals surface area contributed by atoms with E-state index in [1.165, 1.54) is 37.2 Å². The van der Waals surface area contributed by atoms with Crippen LogP contribution in [-0.2, 0) is 17.9 Å². The zero-order chi connectivity index (χ0) is 23.8. The first-order valence-electron chi connectivity index (χ1n) is 13.1. The number of benzene rings is 2. The zero-order valence-electron chi connectivity index (χ0n) is 20.5. The van der Waals surface area contributed by atoms with Crippen LogP contribution in [0.2, 0.25) is 0 Å². The third-order valence-electron chi connectivity index (χ3n) is 8.06. The van der Waals surface area contributed by atoms with Crippen molar-refractivity contribution in [1.82, 2.24) is 20.0 Å². The lowest BCUT2D eigenvalue weighted by atomic mass is 9.84. The fraction of sp³-hybridized carbons (Fsp3) is 0.500. The van der Waals surface area contributed by atoms with Crippen LogP contribution in [0.1, 0.15) is 42.2 Å². The van der Waals surface area contributed by atoms with Crippen molar-refractivity contribution < 1.29 is 9.53 Å². The molecule has 0 aliphatic carbocycles. The highest BCUT2D eigenvalue weighted by molar-refractivity contribution is 6.05. The van der Waals surface area contributed by atoms with Gasteiger partial charge in [-0.25, -0.2) is 0 Å². The summed E-state index contributed by atoms with van der Waals surface area (Å²) in [4.78, 5) is 18.1. The Kier molecular flexibility index (Phi) is 6.20. The topological polar surface area (TPSA) is 62.6 Å². The van der Waals surface area contributed by atoms with Gasteiger partial charge in [0.25, 0.3) is 5.91 Å². The number of fused-ring (bicyclic) bond motifs is 4. The van der Waals surface area contributed by atoms with Gasteiger partial charge in [0.1, 0.15) is 0 Å². The van der Waals surface area contributed by atoms with Gasteiger partial charge in [-0.1, -0.05) is 30.3 Å². The van der Waals surface area contributed by atoms with E-state index >= 15 is 0 Å². The average molecular weight is 474 g/mol. The first-order valence-corrected chi connectivity index (χ1v) is 13.1. The van der Waals surface area contributed by atoms with E-state index in [9.17, 15) is 4.79 Å². The number of piperidine rings is 3. The molecule has 4 fully saturated rings. The number of nitrogens with zero attached hydrogens (tertiary/aromatic N) is 4. The molecule has 5 heterocycles. The van der Waals surface area contributed by atoms with Crippen LogP contribution < -0.4 is 10.2 Å². The Hall–Kier alpha value is -2.90. The number of aryl methyl sites for hydroxylation is 1. The van der Waals surface area contributed by atoms with Gasteiger partial charge in [-0.05, 0) is 69.0 Å². The summed E-state index contributed by atoms with van der Waals surface area (Å²) in [6.45, 7) is 8.62. The van der Waals surface area contributed by atoms with Gasteiger partial charge in [-0.2, -0.15) is 5.10 Å². The molecular formula is C28H35N5O2. The summed E-state index contributed by atoms with van der Waals surface area (Å²) in [7, 11) is 0. The van der Waals surface area contributed by atoms with E-state index in [1.807, 2.05) is 10.7 Å². The molecule has 0 spiro atoms. The predicted octanol–water partition coefficient (Wildman–Crippen LogP) is 3.68. The van der Waals surface area contributed by atoms with Crippen LogP contribution in [0.15, 0.2) is 48.5 Å². The molecule has 1 N–H and O–H groups in total. The molecule has 7 nitrogen and oxygen atoms in total. The Labute approximate surface area is 207 Å². The van der Waals surface area contributed by atoms with Crippen LogP contribution in [0.4, 0.5) is 5.69 Å². The fourth-order valence-electron chi connectivity index (χ4n) is 6.02. The van der Waals surface area contributed by atoms with E-state index in [4.69, 9.17) is 9.84 Å². The third kappa shape index (κ3) is 4.55. The number of nitrogens with one attached hydrogen (secondary N) is 1. The predicted molar refractivity (Wildman–Crippen MR) is 138 cm³/mol. The molecule has 35 heavy (non-hydrogen) atoms. The lowest BCUT2D eigenvalue weighted by Crippen LogP contribution is -2.57. The van der Waals surface area contributed by atoms with Crippen molar-refractivity contribution in [2.45, 2.75) is 51.5 Å². The second-order valence-electron chi connectivity index (χ2n) is 10.2. The van der Waals surface area contributed by atoms with Crippen molar-refractivity contribution >= 4 is 22.5 Å². The highest BCUT2D eigenvalue weighted by Crippen LogP contribution is 2.30. The van der Waals surface area contributed by atoms with Crippen molar-refractivity contribution in [2.75, 3.05) is 37.6 Å². The quantitative estimate of drug-likeness (QED) is 0.567. The van der Waals surface area contributed by atoms with E-state index in [0.717, 1.165) is 43.5 Å². The molecule has 7 heteroatoms. The summed E-state index contributed by atoms with van der Waals surface area (Å²) in [5, 5.41) is 8.98. The maximum Gasteiger partial charge on any atom is 0.272 e. The van der Waals surface area contributed by atoms with E-state index < -0.39 is 0 Å². The summed E-state index contributed by atoms with van der Waals surface area (Å²) >= 11 is 0. The molecule has 7 rings (SSSR count). The first kappa shape index (κ1) is 22.6. The number of anilines is 1. The van der Waals surface area contributed by atoms with Gasteiger partial charge >= 0.3 is 0 Å². The smallest absolute Gasteiger partial charge is 0.272 e. The first-order chi connectivity index (χ1) is 17.2. The van der Waals surface area contributed by atoms with Gasteiger partial charge < -0.3 is 19.9 Å². The van der Waals surface area contributed by atoms with Crippen LogP contribution in [-0.4, -0.2) is 65.5 Å². The summed E-state index contributed by atoms with van der Waals surface area (Å²) in [5.74, 6) is 0.562. The van der Waals surface area contributed by atoms with Crippen molar-refractivity contribution in [3.8, 4) is 0 Å². The zero-order valence-corrected chi connectivity index (χ0v) is 20.5. The number of rotatable bonds is 7. The fourth-order valence-corrected chi connectivity index (χ4v) is 6.02. The van der Waals surface area contributed by atoms with Crippen LogP contribution in [0.3, 0.4) is 0 Å². The lowest BCUT2D eigenvalue weighted by Gasteiger charge is -2.44. The molecule has 0 radical (unpaired) electrons. The number of carbonyl (C=O) groups is 1. The SMILES string of the molecule is CCn1nc(C(=O)N[C@@H]2CN3CCC2CC3)c2ccc(N3CCC(OCc4ccccc4)C3)cc21. The molecular weight excluding hydrogens is 438 g/mol. The molecule has 4 saturated heterocycles. The second kappa shape index (κ2) is 9.63. The Morgan fingerprint density at radius 2 is 1.89 bits per heavy atom. The average Bonchev–Trinajstić information content (AvgIpc) is 3.53. The highest BCUT2D eigenvalue weighted by Gasteiger charge is 2.35. The van der Waals surface area contributed by atoms with Gasteiger partial charge in [0.2, 0.25) is 0 Å². The van der Waals surface area contributed by atoms with Crippen molar-refractivity contribution in [1.29, 1.82) is 0 Å². The molecule has 184 valence electrons. The number of aromatic nitrogens is 2. The normalized spacial score (nSPS) is 25.9. The lowest BCUT2D eigenvalue weighted by molar-refractivity contribution is 0.0553. The summed E-state index contributed by atoms with van der Waals surface area (Å²) < 4.78 is 8.15. The van der Waals surface area contributed by atoms with Gasteiger partial charge in [0.15, 0.2) is 5.69 Å². The summed E-state index contributed by atoms with van der Waals surface area (Å²) in [6.07, 6.45) is 3.62. The number of ether oxygens (including phenoxy) is 1. The summed E-state index contributed by atoms with van der Waals surface area (Å²) in [5.41, 5.74) is 3.96. The molecule has 2 bridgehead atoms. The van der Waals surface area contributed by atoms with Crippen LogP contribution in [0.25, 0.3) is 10.9 Å². The molecule has 0 saturated carbocycles. The summed E-state index contributed by atoms with van der Waals surface area (Å²) in [6, 6.07) is 17.0. The van der Waals surface area contributed by atoms with Gasteiger partial charge in [0.05, 0.1) is 18.2 Å². The number of hydrogen-bond acceptors (Lipinski definition) is 5. The molecule has 2 aromatic carbocycles. The van der Waals surface area contributed by atoms with Crippen molar-refractivity contribution in [3.05, 3.63) is 59.8 Å². The Balaban J connectivity index is 1.15. The molecule has 4 aliphatic rings. The van der Waals surface area contributed by atoms with E-state index in [0.29, 0.717) is 18.2 Å². The maximum atomic E-state index is 13.3. The molecule has 1 amide bonds. The number of amides is 1. The minimum Gasteiger partial charge on any atom is -0.372 e. The molecule has 1 aromatic heterocycles. The van der Waals surface area contributed by atoms with E-state index in [2.05, 4.69) is 64.5 Å². The maximum absolute atomic E-state index is 13.3. The minimum atomic E-state index is -0.0377.